The Morgan fingerprint density at radius 3 is 1.30 bits per heavy atom. The summed E-state index contributed by atoms with van der Waals surface area (Å²) in [4.78, 5) is 0. The molecule has 0 aromatic rings. The van der Waals surface area contributed by atoms with E-state index in [2.05, 4.69) is 6.92 Å². The van der Waals surface area contributed by atoms with Crippen molar-refractivity contribution in [3.05, 3.63) is 0 Å². The molecule has 0 aliphatic carbocycles. The van der Waals surface area contributed by atoms with Gasteiger partial charge in [-0.05, 0) is 26.7 Å². The molecule has 0 radical (unpaired) electrons. The molecule has 0 saturated heterocycles. The Hall–Kier alpha value is -0.240. The molecule has 30 heavy (non-hydrogen) atoms. The number of rotatable bonds is 26. The summed E-state index contributed by atoms with van der Waals surface area (Å²) in [6, 6.07) is 0. The Morgan fingerprint density at radius 2 is 0.833 bits per heavy atom. The molecule has 0 bridgehead atoms. The summed E-state index contributed by atoms with van der Waals surface area (Å²) >= 11 is 0. The van der Waals surface area contributed by atoms with E-state index in [1.165, 1.54) is 51.4 Å². The minimum Gasteiger partial charge on any atom is -0.379 e. The van der Waals surface area contributed by atoms with E-state index in [1.54, 1.807) is 0 Å². The summed E-state index contributed by atoms with van der Waals surface area (Å²) in [6.07, 6.45) is 12.6. The molecule has 0 aromatic carbocycles. The standard InChI is InChI=1S/C24H50O6/c1-4-7-8-9-10-11-12-13-14-15-24(29-22-20-27-18-16-25-5-2)30-23-21-28-19-17-26-6-3/h24H,4-23H2,1-3H3. The second-order valence-electron chi connectivity index (χ2n) is 7.41. The molecular formula is C24H50O6. The zero-order valence-corrected chi connectivity index (χ0v) is 20.2. The Morgan fingerprint density at radius 1 is 0.433 bits per heavy atom. The molecule has 6 nitrogen and oxygen atoms in total. The molecule has 182 valence electrons. The molecule has 0 saturated carbocycles. The largest absolute Gasteiger partial charge is 0.379 e. The van der Waals surface area contributed by atoms with E-state index in [-0.39, 0.29) is 6.29 Å². The van der Waals surface area contributed by atoms with Gasteiger partial charge < -0.3 is 28.4 Å². The first kappa shape index (κ1) is 29.8. The topological polar surface area (TPSA) is 55.4 Å². The summed E-state index contributed by atoms with van der Waals surface area (Å²) in [6.45, 7) is 12.4. The highest BCUT2D eigenvalue weighted by molar-refractivity contribution is 4.51. The molecule has 0 N–H and O–H groups in total. The van der Waals surface area contributed by atoms with E-state index < -0.39 is 0 Å². The number of ether oxygens (including phenoxy) is 6. The minimum atomic E-state index is -0.180. The molecule has 0 atom stereocenters. The molecule has 0 amide bonds. The second kappa shape index (κ2) is 26.8. The van der Waals surface area contributed by atoms with Crippen molar-refractivity contribution in [1.82, 2.24) is 0 Å². The van der Waals surface area contributed by atoms with Crippen LogP contribution in [0, 0.1) is 0 Å². The zero-order chi connectivity index (χ0) is 22.0. The second-order valence-corrected chi connectivity index (χ2v) is 7.41. The van der Waals surface area contributed by atoms with Crippen molar-refractivity contribution in [2.24, 2.45) is 0 Å². The van der Waals surface area contributed by atoms with Gasteiger partial charge in [-0.15, -0.1) is 0 Å². The third-order valence-corrected chi connectivity index (χ3v) is 4.76. The van der Waals surface area contributed by atoms with Crippen LogP contribution in [0.25, 0.3) is 0 Å². The van der Waals surface area contributed by atoms with Crippen LogP contribution in [0.1, 0.15) is 85.0 Å². The SMILES string of the molecule is CCCCCCCCCCCC(OCCOCCOCC)OCCOCCOCC. The molecule has 0 fully saturated rings. The van der Waals surface area contributed by atoms with Crippen molar-refractivity contribution in [3.8, 4) is 0 Å². The Balaban J connectivity index is 3.80. The van der Waals surface area contributed by atoms with Gasteiger partial charge in [-0.1, -0.05) is 58.3 Å². The molecule has 0 rings (SSSR count). The zero-order valence-electron chi connectivity index (χ0n) is 20.2. The molecule has 6 heteroatoms. The third-order valence-electron chi connectivity index (χ3n) is 4.76. The van der Waals surface area contributed by atoms with Crippen LogP contribution >= 0.6 is 0 Å². The van der Waals surface area contributed by atoms with Crippen LogP contribution in [0.4, 0.5) is 0 Å². The molecule has 0 heterocycles. The fourth-order valence-corrected chi connectivity index (χ4v) is 3.04. The highest BCUT2D eigenvalue weighted by Crippen LogP contribution is 2.13. The van der Waals surface area contributed by atoms with Gasteiger partial charge in [-0.2, -0.15) is 0 Å². The minimum absolute atomic E-state index is 0.180. The normalized spacial score (nSPS) is 11.6. The van der Waals surface area contributed by atoms with Crippen LogP contribution in [0.3, 0.4) is 0 Å². The van der Waals surface area contributed by atoms with Gasteiger partial charge in [0.2, 0.25) is 0 Å². The van der Waals surface area contributed by atoms with E-state index in [0.717, 1.165) is 26.1 Å². The van der Waals surface area contributed by atoms with Crippen molar-refractivity contribution >= 4 is 0 Å². The van der Waals surface area contributed by atoms with Gasteiger partial charge in [-0.3, -0.25) is 0 Å². The van der Waals surface area contributed by atoms with E-state index >= 15 is 0 Å². The highest BCUT2D eigenvalue weighted by Gasteiger charge is 2.09. The van der Waals surface area contributed by atoms with Crippen molar-refractivity contribution in [1.29, 1.82) is 0 Å². The number of unbranched alkanes of at least 4 members (excludes halogenated alkanes) is 8. The van der Waals surface area contributed by atoms with Crippen molar-refractivity contribution in [2.75, 3.05) is 66.1 Å². The monoisotopic (exact) mass is 434 g/mol. The third kappa shape index (κ3) is 24.0. The summed E-state index contributed by atoms with van der Waals surface area (Å²) in [5, 5.41) is 0. The quantitative estimate of drug-likeness (QED) is 0.135. The summed E-state index contributed by atoms with van der Waals surface area (Å²) in [7, 11) is 0. The first-order valence-corrected chi connectivity index (χ1v) is 12.4. The first-order chi connectivity index (χ1) is 14.8. The van der Waals surface area contributed by atoms with Gasteiger partial charge in [0.25, 0.3) is 0 Å². The molecule has 0 aromatic heterocycles. The van der Waals surface area contributed by atoms with Gasteiger partial charge in [0.1, 0.15) is 0 Å². The van der Waals surface area contributed by atoms with Crippen LogP contribution in [0.2, 0.25) is 0 Å². The molecule has 0 aliphatic heterocycles. The molecule has 0 aliphatic rings. The lowest BCUT2D eigenvalue weighted by atomic mass is 10.1. The van der Waals surface area contributed by atoms with E-state index in [9.17, 15) is 0 Å². The smallest absolute Gasteiger partial charge is 0.157 e. The first-order valence-electron chi connectivity index (χ1n) is 12.4. The Bertz CT molecular complexity index is 285. The number of hydrogen-bond donors (Lipinski definition) is 0. The number of hydrogen-bond acceptors (Lipinski definition) is 6. The van der Waals surface area contributed by atoms with Crippen molar-refractivity contribution in [3.63, 3.8) is 0 Å². The lowest BCUT2D eigenvalue weighted by Gasteiger charge is -2.19. The summed E-state index contributed by atoms with van der Waals surface area (Å²) in [5.41, 5.74) is 0. The van der Waals surface area contributed by atoms with Crippen LogP contribution in [0.15, 0.2) is 0 Å². The van der Waals surface area contributed by atoms with Crippen molar-refractivity contribution < 1.29 is 28.4 Å². The fraction of sp³-hybridized carbons (Fsp3) is 1.00. The maximum Gasteiger partial charge on any atom is 0.157 e. The Labute approximate surface area is 186 Å². The average molecular weight is 435 g/mol. The van der Waals surface area contributed by atoms with Crippen molar-refractivity contribution in [2.45, 2.75) is 91.3 Å². The van der Waals surface area contributed by atoms with Crippen LogP contribution < -0.4 is 0 Å². The van der Waals surface area contributed by atoms with E-state index in [4.69, 9.17) is 28.4 Å². The summed E-state index contributed by atoms with van der Waals surface area (Å²) < 4.78 is 33.4. The maximum atomic E-state index is 5.90. The summed E-state index contributed by atoms with van der Waals surface area (Å²) in [5.74, 6) is 0. The van der Waals surface area contributed by atoms with Gasteiger partial charge in [0.05, 0.1) is 52.9 Å². The lowest BCUT2D eigenvalue weighted by molar-refractivity contribution is -0.162. The van der Waals surface area contributed by atoms with Crippen LogP contribution in [0.5, 0.6) is 0 Å². The lowest BCUT2D eigenvalue weighted by Crippen LogP contribution is -2.22. The van der Waals surface area contributed by atoms with Gasteiger partial charge >= 0.3 is 0 Å². The predicted octanol–water partition coefficient (Wildman–Crippen LogP) is 5.37. The van der Waals surface area contributed by atoms with Crippen LogP contribution in [-0.2, 0) is 28.4 Å². The van der Waals surface area contributed by atoms with E-state index in [1.807, 2.05) is 13.8 Å². The van der Waals surface area contributed by atoms with Crippen LogP contribution in [-0.4, -0.2) is 72.4 Å². The Kier molecular flexibility index (Phi) is 26.6. The molecular weight excluding hydrogens is 384 g/mol. The maximum absolute atomic E-state index is 5.90. The average Bonchev–Trinajstić information content (AvgIpc) is 2.76. The van der Waals surface area contributed by atoms with Gasteiger partial charge in [0.15, 0.2) is 6.29 Å². The predicted molar refractivity (Wildman–Crippen MR) is 122 cm³/mol. The van der Waals surface area contributed by atoms with Gasteiger partial charge in [-0.25, -0.2) is 0 Å². The highest BCUT2D eigenvalue weighted by atomic mass is 16.7. The fourth-order valence-electron chi connectivity index (χ4n) is 3.04. The van der Waals surface area contributed by atoms with E-state index in [0.29, 0.717) is 52.9 Å². The molecule has 0 unspecified atom stereocenters. The van der Waals surface area contributed by atoms with Gasteiger partial charge in [0, 0.05) is 13.2 Å². The molecule has 0 spiro atoms.